The number of anilines is 1. The lowest BCUT2D eigenvalue weighted by molar-refractivity contribution is -0.147. The fraction of sp³-hybridized carbons (Fsp3) is 0.409. The molecular weight excluding hydrogens is 384 g/mol. The van der Waals surface area contributed by atoms with E-state index in [0.717, 1.165) is 0 Å². The summed E-state index contributed by atoms with van der Waals surface area (Å²) >= 11 is 0. The molecule has 1 aromatic carbocycles. The van der Waals surface area contributed by atoms with Crippen LogP contribution in [0.25, 0.3) is 11.5 Å². The molecule has 3 unspecified atom stereocenters. The van der Waals surface area contributed by atoms with E-state index in [0.29, 0.717) is 36.4 Å². The maximum Gasteiger partial charge on any atom is 0.247 e. The maximum absolute atomic E-state index is 13.2. The second-order valence-electron chi connectivity index (χ2n) is 8.16. The number of fused-ring (bicyclic) bond motifs is 1. The van der Waals surface area contributed by atoms with Crippen LogP contribution < -0.4 is 5.32 Å². The van der Waals surface area contributed by atoms with E-state index in [1.807, 2.05) is 26.0 Å². The topological polar surface area (TPSA) is 105 Å². The van der Waals surface area contributed by atoms with Gasteiger partial charge in [0.2, 0.25) is 30.0 Å². The van der Waals surface area contributed by atoms with Crippen LogP contribution in [0, 0.1) is 17.8 Å². The third kappa shape index (κ3) is 3.77. The van der Waals surface area contributed by atoms with Gasteiger partial charge in [-0.25, -0.2) is 0 Å². The fourth-order valence-electron chi connectivity index (χ4n) is 4.16. The van der Waals surface area contributed by atoms with Crippen molar-refractivity contribution in [2.75, 3.05) is 5.32 Å². The third-order valence-electron chi connectivity index (χ3n) is 5.59. The van der Waals surface area contributed by atoms with Crippen LogP contribution in [0.3, 0.4) is 0 Å². The number of rotatable bonds is 6. The van der Waals surface area contributed by atoms with Crippen LogP contribution in [0.4, 0.5) is 5.69 Å². The summed E-state index contributed by atoms with van der Waals surface area (Å²) < 4.78 is 5.20. The molecule has 0 radical (unpaired) electrons. The van der Waals surface area contributed by atoms with E-state index < -0.39 is 6.04 Å². The summed E-state index contributed by atoms with van der Waals surface area (Å²) in [6, 6.07) is 6.16. The van der Waals surface area contributed by atoms with Gasteiger partial charge >= 0.3 is 0 Å². The fourth-order valence-corrected chi connectivity index (χ4v) is 4.16. The van der Waals surface area contributed by atoms with Crippen LogP contribution in [0.15, 0.2) is 47.2 Å². The molecule has 8 nitrogen and oxygen atoms in total. The molecule has 8 heteroatoms. The number of carbonyl (C=O) groups excluding carboxylic acids is 3. The van der Waals surface area contributed by atoms with Gasteiger partial charge in [0.25, 0.3) is 0 Å². The van der Waals surface area contributed by atoms with E-state index in [9.17, 15) is 14.4 Å². The van der Waals surface area contributed by atoms with E-state index in [2.05, 4.69) is 15.5 Å². The summed E-state index contributed by atoms with van der Waals surface area (Å²) in [5.41, 5.74) is 1.19. The lowest BCUT2D eigenvalue weighted by Gasteiger charge is -2.27. The van der Waals surface area contributed by atoms with Gasteiger partial charge in [0.15, 0.2) is 0 Å². The van der Waals surface area contributed by atoms with Gasteiger partial charge in [-0.3, -0.25) is 19.3 Å². The Morgan fingerprint density at radius 2 is 1.90 bits per heavy atom. The Morgan fingerprint density at radius 3 is 2.50 bits per heavy atom. The van der Waals surface area contributed by atoms with Crippen molar-refractivity contribution in [3.8, 4) is 11.5 Å². The number of nitrogens with zero attached hydrogens (tertiary/aromatic N) is 3. The molecule has 1 N–H and O–H groups in total. The van der Waals surface area contributed by atoms with Crippen LogP contribution >= 0.6 is 0 Å². The Morgan fingerprint density at radius 1 is 1.20 bits per heavy atom. The summed E-state index contributed by atoms with van der Waals surface area (Å²) in [4.78, 5) is 40.4. The molecule has 0 saturated carbocycles. The SMILES string of the molecule is CC(C)CC(C(=O)Nc1cccc(-c2nnco2)c1)N1C(=O)C2CC=CCC2C1=O. The largest absolute Gasteiger partial charge is 0.423 e. The van der Waals surface area contributed by atoms with Crippen molar-refractivity contribution in [2.24, 2.45) is 17.8 Å². The molecule has 3 amide bonds. The Labute approximate surface area is 174 Å². The molecular formula is C22H24N4O4. The third-order valence-corrected chi connectivity index (χ3v) is 5.59. The van der Waals surface area contributed by atoms with Gasteiger partial charge in [0.1, 0.15) is 6.04 Å². The number of benzene rings is 1. The second kappa shape index (κ2) is 8.22. The molecule has 2 aliphatic rings. The average Bonchev–Trinajstić information content (AvgIpc) is 3.35. The lowest BCUT2D eigenvalue weighted by atomic mass is 9.85. The van der Waals surface area contributed by atoms with Crippen LogP contribution in [-0.4, -0.2) is 38.9 Å². The molecule has 1 aromatic heterocycles. The zero-order valence-corrected chi connectivity index (χ0v) is 16.9. The Balaban J connectivity index is 1.57. The van der Waals surface area contributed by atoms with Crippen molar-refractivity contribution in [3.05, 3.63) is 42.8 Å². The van der Waals surface area contributed by atoms with E-state index in [-0.39, 0.29) is 35.5 Å². The molecule has 4 rings (SSSR count). The number of hydrogen-bond donors (Lipinski definition) is 1. The average molecular weight is 408 g/mol. The molecule has 156 valence electrons. The van der Waals surface area contributed by atoms with Gasteiger partial charge in [-0.2, -0.15) is 0 Å². The minimum absolute atomic E-state index is 0.131. The molecule has 1 aliphatic heterocycles. The van der Waals surface area contributed by atoms with Crippen molar-refractivity contribution >= 4 is 23.4 Å². The highest BCUT2D eigenvalue weighted by Crippen LogP contribution is 2.37. The minimum atomic E-state index is -0.845. The highest BCUT2D eigenvalue weighted by atomic mass is 16.4. The molecule has 1 saturated heterocycles. The second-order valence-corrected chi connectivity index (χ2v) is 8.16. The molecule has 30 heavy (non-hydrogen) atoms. The maximum atomic E-state index is 13.2. The van der Waals surface area contributed by atoms with E-state index in [1.165, 1.54) is 11.3 Å². The zero-order valence-electron chi connectivity index (χ0n) is 16.9. The highest BCUT2D eigenvalue weighted by Gasteiger charge is 2.51. The Kier molecular flexibility index (Phi) is 5.48. The first kappa shape index (κ1) is 20.0. The van der Waals surface area contributed by atoms with Gasteiger partial charge in [-0.1, -0.05) is 32.1 Å². The van der Waals surface area contributed by atoms with Gasteiger partial charge in [-0.15, -0.1) is 10.2 Å². The van der Waals surface area contributed by atoms with E-state index in [4.69, 9.17) is 4.42 Å². The molecule has 0 spiro atoms. The first-order valence-electron chi connectivity index (χ1n) is 10.1. The number of nitrogens with one attached hydrogen (secondary N) is 1. The smallest absolute Gasteiger partial charge is 0.247 e. The van der Waals surface area contributed by atoms with Crippen LogP contribution in [-0.2, 0) is 14.4 Å². The quantitative estimate of drug-likeness (QED) is 0.582. The summed E-state index contributed by atoms with van der Waals surface area (Å²) in [7, 11) is 0. The van der Waals surface area contributed by atoms with E-state index >= 15 is 0 Å². The van der Waals surface area contributed by atoms with Crippen molar-refractivity contribution in [3.63, 3.8) is 0 Å². The predicted molar refractivity (Wildman–Crippen MR) is 109 cm³/mol. The van der Waals surface area contributed by atoms with Crippen LogP contribution in [0.1, 0.15) is 33.1 Å². The molecule has 2 heterocycles. The van der Waals surface area contributed by atoms with Crippen LogP contribution in [0.5, 0.6) is 0 Å². The standard InChI is InChI=1S/C22H24N4O4/c1-13(2)10-18(26-21(28)16-8-3-4-9-17(16)22(26)29)19(27)24-15-7-5-6-14(11-15)20-25-23-12-30-20/h3-7,11-13,16-18H,8-10H2,1-2H3,(H,24,27). The Bertz CT molecular complexity index is 957. The van der Waals surface area contributed by atoms with Gasteiger partial charge in [0.05, 0.1) is 11.8 Å². The first-order chi connectivity index (χ1) is 14.5. The van der Waals surface area contributed by atoms with E-state index in [1.54, 1.807) is 24.3 Å². The molecule has 1 fully saturated rings. The van der Waals surface area contributed by atoms with Gasteiger partial charge in [0, 0.05) is 11.3 Å². The number of likely N-dealkylation sites (tertiary alicyclic amines) is 1. The van der Waals surface area contributed by atoms with Crippen molar-refractivity contribution < 1.29 is 18.8 Å². The lowest BCUT2D eigenvalue weighted by Crippen LogP contribution is -2.48. The number of carbonyl (C=O) groups is 3. The normalized spacial score (nSPS) is 21.8. The summed E-state index contributed by atoms with van der Waals surface area (Å²) in [6.45, 7) is 3.94. The number of amides is 3. The van der Waals surface area contributed by atoms with Gasteiger partial charge in [-0.05, 0) is 43.4 Å². The zero-order chi connectivity index (χ0) is 21.3. The number of imide groups is 1. The highest BCUT2D eigenvalue weighted by molar-refractivity contribution is 6.10. The summed E-state index contributed by atoms with van der Waals surface area (Å²) in [6.07, 6.45) is 6.62. The molecule has 0 bridgehead atoms. The van der Waals surface area contributed by atoms with Crippen molar-refractivity contribution in [1.82, 2.24) is 15.1 Å². The Hall–Kier alpha value is -3.29. The number of aromatic nitrogens is 2. The predicted octanol–water partition coefficient (Wildman–Crippen LogP) is 3.04. The van der Waals surface area contributed by atoms with Crippen LogP contribution in [0.2, 0.25) is 0 Å². The molecule has 3 atom stereocenters. The first-order valence-corrected chi connectivity index (χ1v) is 10.1. The molecule has 2 aromatic rings. The molecule has 1 aliphatic carbocycles. The summed E-state index contributed by atoms with van der Waals surface area (Å²) in [5.74, 6) is -1.10. The number of hydrogen-bond acceptors (Lipinski definition) is 6. The van der Waals surface area contributed by atoms with Crippen molar-refractivity contribution in [2.45, 2.75) is 39.2 Å². The monoisotopic (exact) mass is 408 g/mol. The van der Waals surface area contributed by atoms with Gasteiger partial charge < -0.3 is 9.73 Å². The van der Waals surface area contributed by atoms with Crippen molar-refractivity contribution in [1.29, 1.82) is 0 Å². The number of allylic oxidation sites excluding steroid dienone is 2. The summed E-state index contributed by atoms with van der Waals surface area (Å²) in [5, 5.41) is 10.4. The minimum Gasteiger partial charge on any atom is -0.423 e.